The molecular weight excluding hydrogens is 314 g/mol. The molecule has 0 radical (unpaired) electrons. The van der Waals surface area contributed by atoms with E-state index in [1.807, 2.05) is 0 Å². The van der Waals surface area contributed by atoms with Crippen LogP contribution in [0, 0.1) is 0 Å². The van der Waals surface area contributed by atoms with Gasteiger partial charge in [0.2, 0.25) is 0 Å². The monoisotopic (exact) mass is 339 g/mol. The molecular formula is C17H26BrNO. The first-order valence-electron chi connectivity index (χ1n) is 7.54. The van der Waals surface area contributed by atoms with Gasteiger partial charge in [0, 0.05) is 24.2 Å². The zero-order valence-electron chi connectivity index (χ0n) is 12.8. The van der Waals surface area contributed by atoms with Crippen LogP contribution in [0.1, 0.15) is 51.0 Å². The van der Waals surface area contributed by atoms with Crippen LogP contribution in [0.25, 0.3) is 0 Å². The SMILES string of the molecule is COC(C)(C)CCC(CNC1CC1)c1cccc(Br)c1. The van der Waals surface area contributed by atoms with E-state index in [0.29, 0.717) is 5.92 Å². The van der Waals surface area contributed by atoms with Gasteiger partial charge in [-0.05, 0) is 63.1 Å². The molecule has 0 spiro atoms. The predicted octanol–water partition coefficient (Wildman–Crippen LogP) is 4.49. The fourth-order valence-electron chi connectivity index (χ4n) is 2.37. The molecule has 112 valence electrons. The first-order valence-corrected chi connectivity index (χ1v) is 8.33. The number of methoxy groups -OCH3 is 1. The van der Waals surface area contributed by atoms with Crippen molar-refractivity contribution in [3.05, 3.63) is 34.3 Å². The second kappa shape index (κ2) is 7.06. The maximum Gasteiger partial charge on any atom is 0.0623 e. The minimum atomic E-state index is -0.0379. The molecule has 0 saturated heterocycles. The van der Waals surface area contributed by atoms with E-state index in [1.165, 1.54) is 18.4 Å². The molecule has 1 atom stereocenters. The Morgan fingerprint density at radius 2 is 2.15 bits per heavy atom. The highest BCUT2D eigenvalue weighted by atomic mass is 79.9. The molecule has 1 fully saturated rings. The molecule has 1 saturated carbocycles. The zero-order chi connectivity index (χ0) is 14.6. The van der Waals surface area contributed by atoms with Gasteiger partial charge in [-0.2, -0.15) is 0 Å². The Hall–Kier alpha value is -0.380. The van der Waals surface area contributed by atoms with Gasteiger partial charge in [-0.3, -0.25) is 0 Å². The molecule has 2 rings (SSSR count). The van der Waals surface area contributed by atoms with Gasteiger partial charge < -0.3 is 10.1 Å². The lowest BCUT2D eigenvalue weighted by atomic mass is 9.89. The van der Waals surface area contributed by atoms with Crippen LogP contribution in [0.5, 0.6) is 0 Å². The van der Waals surface area contributed by atoms with E-state index in [-0.39, 0.29) is 5.60 Å². The van der Waals surface area contributed by atoms with E-state index in [2.05, 4.69) is 59.4 Å². The molecule has 0 aliphatic heterocycles. The van der Waals surface area contributed by atoms with Crippen LogP contribution in [0.4, 0.5) is 0 Å². The van der Waals surface area contributed by atoms with Gasteiger partial charge >= 0.3 is 0 Å². The molecule has 1 unspecified atom stereocenters. The summed E-state index contributed by atoms with van der Waals surface area (Å²) in [5.41, 5.74) is 1.38. The van der Waals surface area contributed by atoms with Crippen molar-refractivity contribution in [1.82, 2.24) is 5.32 Å². The summed E-state index contributed by atoms with van der Waals surface area (Å²) in [7, 11) is 1.80. The summed E-state index contributed by atoms with van der Waals surface area (Å²) < 4.78 is 6.72. The van der Waals surface area contributed by atoms with Crippen molar-refractivity contribution >= 4 is 15.9 Å². The summed E-state index contributed by atoms with van der Waals surface area (Å²) in [6.45, 7) is 5.40. The van der Waals surface area contributed by atoms with E-state index in [4.69, 9.17) is 4.74 Å². The van der Waals surface area contributed by atoms with Crippen molar-refractivity contribution in [3.8, 4) is 0 Å². The van der Waals surface area contributed by atoms with Crippen LogP contribution in [0.3, 0.4) is 0 Å². The second-order valence-electron chi connectivity index (χ2n) is 6.44. The average Bonchev–Trinajstić information content (AvgIpc) is 3.23. The lowest BCUT2D eigenvalue weighted by molar-refractivity contribution is 0.0124. The number of hydrogen-bond acceptors (Lipinski definition) is 2. The maximum atomic E-state index is 5.56. The van der Waals surface area contributed by atoms with Gasteiger partial charge in [0.25, 0.3) is 0 Å². The van der Waals surface area contributed by atoms with E-state index in [9.17, 15) is 0 Å². The first-order chi connectivity index (χ1) is 9.50. The summed E-state index contributed by atoms with van der Waals surface area (Å²) in [5, 5.41) is 3.67. The average molecular weight is 340 g/mol. The molecule has 3 heteroatoms. The Kier molecular flexibility index (Phi) is 5.65. The Labute approximate surface area is 131 Å². The minimum absolute atomic E-state index is 0.0379. The van der Waals surface area contributed by atoms with E-state index in [1.54, 1.807) is 7.11 Å². The van der Waals surface area contributed by atoms with Gasteiger partial charge in [0.15, 0.2) is 0 Å². The van der Waals surface area contributed by atoms with Crippen molar-refractivity contribution in [2.24, 2.45) is 0 Å². The third-order valence-electron chi connectivity index (χ3n) is 4.20. The van der Waals surface area contributed by atoms with Crippen LogP contribution < -0.4 is 5.32 Å². The molecule has 1 aliphatic rings. The summed E-state index contributed by atoms with van der Waals surface area (Å²) in [5.74, 6) is 0.558. The second-order valence-corrected chi connectivity index (χ2v) is 7.35. The van der Waals surface area contributed by atoms with Gasteiger partial charge in [-0.25, -0.2) is 0 Å². The van der Waals surface area contributed by atoms with Gasteiger partial charge in [-0.1, -0.05) is 28.1 Å². The molecule has 1 aromatic rings. The highest BCUT2D eigenvalue weighted by Crippen LogP contribution is 2.29. The lowest BCUT2D eigenvalue weighted by Crippen LogP contribution is -2.27. The van der Waals surface area contributed by atoms with Gasteiger partial charge in [-0.15, -0.1) is 0 Å². The van der Waals surface area contributed by atoms with Crippen molar-refractivity contribution < 1.29 is 4.74 Å². The summed E-state index contributed by atoms with van der Waals surface area (Å²) in [4.78, 5) is 0. The molecule has 2 nitrogen and oxygen atoms in total. The Morgan fingerprint density at radius 1 is 1.40 bits per heavy atom. The molecule has 0 bridgehead atoms. The summed E-state index contributed by atoms with van der Waals surface area (Å²) in [6.07, 6.45) is 4.91. The van der Waals surface area contributed by atoms with Crippen LogP contribution in [0.2, 0.25) is 0 Å². The standard InChI is InChI=1S/C17H26BrNO/c1-17(2,20-3)10-9-14(12-19-16-7-8-16)13-5-4-6-15(18)11-13/h4-6,11,14,16,19H,7-10,12H2,1-3H3. The maximum absolute atomic E-state index is 5.56. The number of halogens is 1. The summed E-state index contributed by atoms with van der Waals surface area (Å²) >= 11 is 3.58. The normalized spacial score (nSPS) is 17.2. The minimum Gasteiger partial charge on any atom is -0.379 e. The highest BCUT2D eigenvalue weighted by molar-refractivity contribution is 9.10. The smallest absolute Gasteiger partial charge is 0.0623 e. The van der Waals surface area contributed by atoms with Crippen LogP contribution in [-0.2, 0) is 4.74 Å². The fourth-order valence-corrected chi connectivity index (χ4v) is 2.78. The van der Waals surface area contributed by atoms with Crippen molar-refractivity contribution in [2.45, 2.75) is 57.1 Å². The van der Waals surface area contributed by atoms with Gasteiger partial charge in [0.1, 0.15) is 0 Å². The van der Waals surface area contributed by atoms with E-state index in [0.717, 1.165) is 29.9 Å². The number of hydrogen-bond donors (Lipinski definition) is 1. The molecule has 1 aliphatic carbocycles. The molecule has 0 amide bonds. The van der Waals surface area contributed by atoms with Gasteiger partial charge in [0.05, 0.1) is 5.60 Å². The Morgan fingerprint density at radius 3 is 2.75 bits per heavy atom. The molecule has 1 aromatic carbocycles. The van der Waals surface area contributed by atoms with Crippen molar-refractivity contribution in [2.75, 3.05) is 13.7 Å². The number of rotatable bonds is 8. The van der Waals surface area contributed by atoms with Crippen molar-refractivity contribution in [3.63, 3.8) is 0 Å². The van der Waals surface area contributed by atoms with Crippen LogP contribution in [-0.4, -0.2) is 25.3 Å². The highest BCUT2D eigenvalue weighted by Gasteiger charge is 2.24. The zero-order valence-corrected chi connectivity index (χ0v) is 14.4. The lowest BCUT2D eigenvalue weighted by Gasteiger charge is -2.26. The Bertz CT molecular complexity index is 429. The topological polar surface area (TPSA) is 21.3 Å². The molecule has 1 N–H and O–H groups in total. The van der Waals surface area contributed by atoms with Crippen LogP contribution in [0.15, 0.2) is 28.7 Å². The van der Waals surface area contributed by atoms with Crippen molar-refractivity contribution in [1.29, 1.82) is 0 Å². The Balaban J connectivity index is 1.99. The number of ether oxygens (including phenoxy) is 1. The fraction of sp³-hybridized carbons (Fsp3) is 0.647. The molecule has 0 aromatic heterocycles. The predicted molar refractivity (Wildman–Crippen MR) is 88.2 cm³/mol. The van der Waals surface area contributed by atoms with E-state index >= 15 is 0 Å². The van der Waals surface area contributed by atoms with E-state index < -0.39 is 0 Å². The third-order valence-corrected chi connectivity index (χ3v) is 4.69. The quantitative estimate of drug-likeness (QED) is 0.753. The number of benzene rings is 1. The number of nitrogens with one attached hydrogen (secondary N) is 1. The molecule has 0 heterocycles. The van der Waals surface area contributed by atoms with Crippen LogP contribution >= 0.6 is 15.9 Å². The summed E-state index contributed by atoms with van der Waals surface area (Å²) in [6, 6.07) is 9.47. The first kappa shape index (κ1) is 16.0. The largest absolute Gasteiger partial charge is 0.379 e. The molecule has 20 heavy (non-hydrogen) atoms. The third kappa shape index (κ3) is 5.19.